The van der Waals surface area contributed by atoms with Crippen LogP contribution >= 0.6 is 0 Å². The first-order chi connectivity index (χ1) is 13.8. The van der Waals surface area contributed by atoms with Crippen LogP contribution in [0.4, 0.5) is 19.0 Å². The molecule has 0 amide bonds. The minimum atomic E-state index is -4.53. The number of fused-ring (bicyclic) bond motifs is 1. The summed E-state index contributed by atoms with van der Waals surface area (Å²) in [4.78, 5) is 25.3. The summed E-state index contributed by atoms with van der Waals surface area (Å²) in [7, 11) is 0. The molecule has 0 saturated heterocycles. The van der Waals surface area contributed by atoms with Crippen molar-refractivity contribution >= 4 is 5.82 Å². The first kappa shape index (κ1) is 18.6. The molecule has 0 unspecified atom stereocenters. The zero-order valence-corrected chi connectivity index (χ0v) is 14.4. The number of nitrogens with zero attached hydrogens (tertiary/aromatic N) is 6. The lowest BCUT2D eigenvalue weighted by atomic mass is 10.2. The van der Waals surface area contributed by atoms with Crippen molar-refractivity contribution in [2.45, 2.75) is 18.8 Å². The Morgan fingerprint density at radius 1 is 1.28 bits per heavy atom. The van der Waals surface area contributed by atoms with E-state index in [9.17, 15) is 23.3 Å². The molecule has 0 spiro atoms. The van der Waals surface area contributed by atoms with Gasteiger partial charge < -0.3 is 19.6 Å². The standard InChI is InChI=1S/C16H11F3N6O4/c17-16(18,19)12-2-1-9(4-20-12)11-3-14(22-8-21-11)29-10-5-24-6-13(25(26)27)23-15(24)28-7-10/h1-4,6,8,10H,5,7H2/t10-/m0/s1. The van der Waals surface area contributed by atoms with Crippen molar-refractivity contribution in [3.8, 4) is 23.1 Å². The summed E-state index contributed by atoms with van der Waals surface area (Å²) in [5.41, 5.74) is -0.319. The Morgan fingerprint density at radius 3 is 2.79 bits per heavy atom. The van der Waals surface area contributed by atoms with E-state index in [1.807, 2.05) is 0 Å². The highest BCUT2D eigenvalue weighted by atomic mass is 19.4. The second kappa shape index (κ2) is 7.00. The van der Waals surface area contributed by atoms with Crippen LogP contribution in [0.2, 0.25) is 0 Å². The molecular weight excluding hydrogens is 397 g/mol. The molecule has 3 aromatic rings. The molecule has 0 saturated carbocycles. The van der Waals surface area contributed by atoms with Crippen molar-refractivity contribution in [2.75, 3.05) is 6.61 Å². The molecule has 0 N–H and O–H groups in total. The van der Waals surface area contributed by atoms with Crippen LogP contribution in [0.5, 0.6) is 11.9 Å². The smallest absolute Gasteiger partial charge is 0.433 e. The molecule has 10 nitrogen and oxygen atoms in total. The van der Waals surface area contributed by atoms with E-state index < -0.39 is 22.9 Å². The van der Waals surface area contributed by atoms with Crippen LogP contribution in [0, 0.1) is 10.1 Å². The van der Waals surface area contributed by atoms with Crippen LogP contribution in [0.25, 0.3) is 11.3 Å². The van der Waals surface area contributed by atoms with Gasteiger partial charge in [0.25, 0.3) is 0 Å². The van der Waals surface area contributed by atoms with Gasteiger partial charge in [-0.05, 0) is 17.1 Å². The van der Waals surface area contributed by atoms with Crippen molar-refractivity contribution in [3.63, 3.8) is 0 Å². The quantitative estimate of drug-likeness (QED) is 0.477. The lowest BCUT2D eigenvalue weighted by Gasteiger charge is -2.22. The van der Waals surface area contributed by atoms with Crippen molar-refractivity contribution in [1.29, 1.82) is 0 Å². The molecule has 0 aliphatic carbocycles. The van der Waals surface area contributed by atoms with Crippen LogP contribution in [-0.2, 0) is 12.7 Å². The van der Waals surface area contributed by atoms with Gasteiger partial charge >= 0.3 is 18.0 Å². The number of alkyl halides is 3. The highest BCUT2D eigenvalue weighted by Crippen LogP contribution is 2.29. The van der Waals surface area contributed by atoms with Crippen molar-refractivity contribution in [2.24, 2.45) is 0 Å². The molecule has 1 aliphatic heterocycles. The number of halogens is 3. The third-order valence-electron chi connectivity index (χ3n) is 3.99. The Kier molecular flexibility index (Phi) is 4.48. The largest absolute Gasteiger partial charge is 0.469 e. The van der Waals surface area contributed by atoms with Crippen LogP contribution in [-0.4, -0.2) is 42.1 Å². The molecule has 0 aromatic carbocycles. The maximum absolute atomic E-state index is 12.6. The van der Waals surface area contributed by atoms with E-state index >= 15 is 0 Å². The second-order valence-corrected chi connectivity index (χ2v) is 6.01. The minimum absolute atomic E-state index is 0.0926. The summed E-state index contributed by atoms with van der Waals surface area (Å²) in [5, 5.41) is 10.8. The topological polar surface area (TPSA) is 118 Å². The second-order valence-electron chi connectivity index (χ2n) is 6.01. The number of nitro groups is 1. The average Bonchev–Trinajstić information content (AvgIpc) is 3.11. The summed E-state index contributed by atoms with van der Waals surface area (Å²) < 4.78 is 50.4. The fourth-order valence-corrected chi connectivity index (χ4v) is 2.68. The molecule has 150 valence electrons. The summed E-state index contributed by atoms with van der Waals surface area (Å²) in [5.74, 6) is -0.165. The molecule has 3 aromatic heterocycles. The predicted octanol–water partition coefficient (Wildman–Crippen LogP) is 2.50. The Labute approximate surface area is 160 Å². The zero-order chi connectivity index (χ0) is 20.6. The summed E-state index contributed by atoms with van der Waals surface area (Å²) >= 11 is 0. The Morgan fingerprint density at radius 2 is 2.10 bits per heavy atom. The molecule has 29 heavy (non-hydrogen) atoms. The highest BCUT2D eigenvalue weighted by Gasteiger charge is 2.32. The van der Waals surface area contributed by atoms with Gasteiger partial charge in [-0.1, -0.05) is 0 Å². The van der Waals surface area contributed by atoms with Crippen LogP contribution in [0.15, 0.2) is 36.9 Å². The zero-order valence-electron chi connectivity index (χ0n) is 14.4. The monoisotopic (exact) mass is 408 g/mol. The van der Waals surface area contributed by atoms with E-state index in [0.717, 1.165) is 12.3 Å². The fraction of sp³-hybridized carbons (Fsp3) is 0.250. The van der Waals surface area contributed by atoms with E-state index in [0.29, 0.717) is 11.3 Å². The molecular formula is C16H11F3N6O4. The van der Waals surface area contributed by atoms with Gasteiger partial charge in [-0.25, -0.2) is 9.97 Å². The molecule has 1 aliphatic rings. The molecule has 0 bridgehead atoms. The van der Waals surface area contributed by atoms with Gasteiger partial charge in [-0.15, -0.1) is 0 Å². The number of rotatable bonds is 4. The van der Waals surface area contributed by atoms with Crippen molar-refractivity contribution < 1.29 is 27.6 Å². The van der Waals surface area contributed by atoms with E-state index in [4.69, 9.17) is 9.47 Å². The minimum Gasteiger partial charge on any atom is -0.469 e. The molecule has 1 atom stereocenters. The normalized spacial score (nSPS) is 16.0. The number of ether oxygens (including phenoxy) is 2. The summed E-state index contributed by atoms with van der Waals surface area (Å²) in [6, 6.07) is 3.69. The number of pyridine rings is 1. The third kappa shape index (κ3) is 3.93. The van der Waals surface area contributed by atoms with Crippen LogP contribution in [0.3, 0.4) is 0 Å². The average molecular weight is 408 g/mol. The lowest BCUT2D eigenvalue weighted by molar-refractivity contribution is -0.389. The van der Waals surface area contributed by atoms with Gasteiger partial charge in [0.1, 0.15) is 24.8 Å². The number of aromatic nitrogens is 5. The third-order valence-corrected chi connectivity index (χ3v) is 3.99. The van der Waals surface area contributed by atoms with E-state index in [1.165, 1.54) is 29.2 Å². The number of hydrogen-bond acceptors (Lipinski definition) is 8. The Hall–Kier alpha value is -3.77. The highest BCUT2D eigenvalue weighted by molar-refractivity contribution is 5.58. The number of imidazole rings is 1. The molecule has 0 fully saturated rings. The van der Waals surface area contributed by atoms with Gasteiger partial charge in [-0.2, -0.15) is 13.2 Å². The van der Waals surface area contributed by atoms with Gasteiger partial charge in [-0.3, -0.25) is 9.55 Å². The van der Waals surface area contributed by atoms with Crippen LogP contribution in [0.1, 0.15) is 5.69 Å². The first-order valence-corrected chi connectivity index (χ1v) is 8.16. The summed E-state index contributed by atoms with van der Waals surface area (Å²) in [6.07, 6.45) is -1.52. The van der Waals surface area contributed by atoms with E-state index in [1.54, 1.807) is 0 Å². The van der Waals surface area contributed by atoms with Crippen molar-refractivity contribution in [3.05, 3.63) is 52.7 Å². The van der Waals surface area contributed by atoms with Gasteiger partial charge in [0, 0.05) is 22.8 Å². The van der Waals surface area contributed by atoms with Crippen molar-refractivity contribution in [1.82, 2.24) is 24.5 Å². The van der Waals surface area contributed by atoms with Gasteiger partial charge in [0.05, 0.1) is 12.2 Å². The summed E-state index contributed by atoms with van der Waals surface area (Å²) in [6.45, 7) is 0.340. The SMILES string of the molecule is O=[N+]([O-])c1cn2c(n1)OC[C@@H](Oc1cc(-c3ccc(C(F)(F)F)nc3)ncn1)C2. The van der Waals surface area contributed by atoms with E-state index in [2.05, 4.69) is 19.9 Å². The maximum atomic E-state index is 12.6. The predicted molar refractivity (Wildman–Crippen MR) is 89.1 cm³/mol. The maximum Gasteiger partial charge on any atom is 0.433 e. The number of hydrogen-bond donors (Lipinski definition) is 0. The first-order valence-electron chi connectivity index (χ1n) is 8.16. The Bertz CT molecular complexity index is 1050. The van der Waals surface area contributed by atoms with Crippen LogP contribution < -0.4 is 9.47 Å². The van der Waals surface area contributed by atoms with Gasteiger partial charge in [0.2, 0.25) is 5.88 Å². The molecule has 4 heterocycles. The Balaban J connectivity index is 1.49. The molecule has 4 rings (SSSR count). The van der Waals surface area contributed by atoms with E-state index in [-0.39, 0.29) is 30.9 Å². The lowest BCUT2D eigenvalue weighted by Crippen LogP contribution is -2.34. The van der Waals surface area contributed by atoms with Gasteiger partial charge in [0.15, 0.2) is 6.10 Å². The fourth-order valence-electron chi connectivity index (χ4n) is 2.68. The molecule has 13 heteroatoms. The molecule has 0 radical (unpaired) electrons.